The summed E-state index contributed by atoms with van der Waals surface area (Å²) < 4.78 is 37.1. The topological polar surface area (TPSA) is 166 Å². The summed E-state index contributed by atoms with van der Waals surface area (Å²) in [4.78, 5) is 12.0. The molecule has 0 bridgehead atoms. The van der Waals surface area contributed by atoms with Gasteiger partial charge in [0.05, 0.1) is 0 Å². The molecule has 0 aliphatic rings. The van der Waals surface area contributed by atoms with Crippen LogP contribution < -0.4 is 5.43 Å². The molecule has 0 radical (unpaired) electrons. The van der Waals surface area contributed by atoms with Gasteiger partial charge >= 0.3 is 10.4 Å². The third-order valence-electron chi connectivity index (χ3n) is 2.95. The maximum absolute atomic E-state index is 12.0. The van der Waals surface area contributed by atoms with E-state index < -0.39 is 15.8 Å². The van der Waals surface area contributed by atoms with Crippen molar-refractivity contribution < 1.29 is 37.3 Å². The van der Waals surface area contributed by atoms with Gasteiger partial charge in [-0.3, -0.25) is 13.9 Å². The van der Waals surface area contributed by atoms with Crippen LogP contribution in [0.15, 0.2) is 51.7 Å². The third kappa shape index (κ3) is 4.94. The summed E-state index contributed by atoms with van der Waals surface area (Å²) in [6.07, 6.45) is 0. The van der Waals surface area contributed by atoms with Crippen molar-refractivity contribution in [2.45, 2.75) is 0 Å². The number of phenols is 3. The first kappa shape index (κ1) is 18.3. The number of aromatic hydroxyl groups is 3. The Labute approximate surface area is 140 Å². The van der Waals surface area contributed by atoms with Crippen LogP contribution in [0.4, 0.5) is 0 Å². The van der Waals surface area contributed by atoms with E-state index in [1.807, 2.05) is 0 Å². The molecule has 0 aliphatic heterocycles. The highest BCUT2D eigenvalue weighted by Crippen LogP contribution is 2.30. The first-order valence-electron chi connectivity index (χ1n) is 6.54. The molecule has 0 atom stereocenters. The average Bonchev–Trinajstić information content (AvgIpc) is 2.44. The smallest absolute Gasteiger partial charge is 0.394 e. The van der Waals surface area contributed by atoms with Crippen LogP contribution in [0.2, 0.25) is 0 Å². The first-order chi connectivity index (χ1) is 11.5. The van der Waals surface area contributed by atoms with Crippen molar-refractivity contribution in [1.29, 1.82) is 0 Å². The van der Waals surface area contributed by atoms with Crippen molar-refractivity contribution in [2.24, 2.45) is 0 Å². The summed E-state index contributed by atoms with van der Waals surface area (Å²) in [5.74, 6) is -0.133. The van der Waals surface area contributed by atoms with Crippen LogP contribution in [0.1, 0.15) is 0 Å². The zero-order chi connectivity index (χ0) is 18.8. The van der Waals surface area contributed by atoms with Gasteiger partial charge in [-0.15, -0.1) is 0 Å². The van der Waals surface area contributed by atoms with Crippen molar-refractivity contribution >= 4 is 21.4 Å². The number of rotatable bonds is 1. The van der Waals surface area contributed by atoms with Crippen LogP contribution in [0, 0.1) is 0 Å². The molecule has 5 N–H and O–H groups in total. The summed E-state index contributed by atoms with van der Waals surface area (Å²) in [6, 6.07) is 9.74. The summed E-state index contributed by atoms with van der Waals surface area (Å²) in [6.45, 7) is 0. The molecule has 25 heavy (non-hydrogen) atoms. The molecule has 9 nitrogen and oxygen atoms in total. The van der Waals surface area contributed by atoms with Crippen molar-refractivity contribution in [1.82, 2.24) is 0 Å². The summed E-state index contributed by atoms with van der Waals surface area (Å²) >= 11 is 0. The monoisotopic (exact) mass is 368 g/mol. The number of phenolic OH excluding ortho intramolecular Hbond substituents is 3. The number of benzene rings is 2. The molecule has 0 fully saturated rings. The van der Waals surface area contributed by atoms with Crippen molar-refractivity contribution in [2.75, 3.05) is 0 Å². The standard InChI is InChI=1S/C15H10O5.H2O4S/c16-9-3-1-8(2-4-9)13-7-12(19)15-11(18)5-10(17)6-14(15)20-13;1-5(2,3)4/h1-7,16-18H;(H2,1,2,3,4). The maximum atomic E-state index is 12.0. The Balaban J connectivity index is 0.000000399. The molecule has 0 aliphatic carbocycles. The molecule has 3 rings (SSSR count). The Bertz CT molecular complexity index is 1060. The van der Waals surface area contributed by atoms with Crippen LogP contribution >= 0.6 is 0 Å². The Kier molecular flexibility index (Phi) is 4.97. The van der Waals surface area contributed by atoms with Crippen molar-refractivity contribution in [3.05, 3.63) is 52.7 Å². The second-order valence-corrected chi connectivity index (χ2v) is 5.70. The predicted octanol–water partition coefficient (Wildman–Crippen LogP) is 1.92. The Hall–Kier alpha value is -3.08. The van der Waals surface area contributed by atoms with Gasteiger partial charge in [0.1, 0.15) is 34.0 Å². The van der Waals surface area contributed by atoms with E-state index in [0.29, 0.717) is 5.56 Å². The molecule has 0 spiro atoms. The van der Waals surface area contributed by atoms with Gasteiger partial charge in [0, 0.05) is 23.8 Å². The molecule has 2 aromatic carbocycles. The summed E-state index contributed by atoms with van der Waals surface area (Å²) in [7, 11) is -4.67. The van der Waals surface area contributed by atoms with Gasteiger partial charge in [-0.05, 0) is 24.3 Å². The fourth-order valence-corrected chi connectivity index (χ4v) is 2.02. The second kappa shape index (κ2) is 6.81. The van der Waals surface area contributed by atoms with Crippen LogP contribution in [-0.2, 0) is 10.4 Å². The molecule has 132 valence electrons. The molecule has 0 amide bonds. The van der Waals surface area contributed by atoms with E-state index in [9.17, 15) is 20.1 Å². The van der Waals surface area contributed by atoms with Gasteiger partial charge in [0.2, 0.25) is 0 Å². The van der Waals surface area contributed by atoms with Gasteiger partial charge in [0.25, 0.3) is 0 Å². The summed E-state index contributed by atoms with van der Waals surface area (Å²) in [5, 5.41) is 28.4. The van der Waals surface area contributed by atoms with Gasteiger partial charge in [0.15, 0.2) is 5.43 Å². The fourth-order valence-electron chi connectivity index (χ4n) is 2.02. The predicted molar refractivity (Wildman–Crippen MR) is 87.1 cm³/mol. The molecule has 1 heterocycles. The Morgan fingerprint density at radius 2 is 1.40 bits per heavy atom. The molecule has 0 saturated heterocycles. The molecular weight excluding hydrogens is 356 g/mol. The quantitative estimate of drug-likeness (QED) is 0.403. The van der Waals surface area contributed by atoms with Gasteiger partial charge in [-0.2, -0.15) is 8.42 Å². The highest BCUT2D eigenvalue weighted by molar-refractivity contribution is 7.79. The van der Waals surface area contributed by atoms with E-state index in [4.69, 9.17) is 21.9 Å². The molecule has 0 unspecified atom stereocenters. The lowest BCUT2D eigenvalue weighted by Gasteiger charge is -2.05. The molecule has 0 saturated carbocycles. The highest BCUT2D eigenvalue weighted by Gasteiger charge is 2.12. The zero-order valence-electron chi connectivity index (χ0n) is 12.3. The first-order valence-corrected chi connectivity index (χ1v) is 7.93. The van der Waals surface area contributed by atoms with E-state index in [0.717, 1.165) is 6.07 Å². The number of hydrogen-bond donors (Lipinski definition) is 5. The zero-order valence-corrected chi connectivity index (χ0v) is 13.1. The second-order valence-electron chi connectivity index (χ2n) is 4.81. The minimum atomic E-state index is -4.67. The van der Waals surface area contributed by atoms with E-state index in [1.165, 1.54) is 24.3 Å². The molecule has 1 aromatic heterocycles. The minimum Gasteiger partial charge on any atom is -0.508 e. The van der Waals surface area contributed by atoms with Crippen molar-refractivity contribution in [3.63, 3.8) is 0 Å². The third-order valence-corrected chi connectivity index (χ3v) is 2.95. The Morgan fingerprint density at radius 3 is 1.96 bits per heavy atom. The van der Waals surface area contributed by atoms with Gasteiger partial charge in [-0.25, -0.2) is 0 Å². The minimum absolute atomic E-state index is 0.0188. The molecule has 10 heteroatoms. The van der Waals surface area contributed by atoms with Gasteiger partial charge in [-0.1, -0.05) is 0 Å². The van der Waals surface area contributed by atoms with Crippen LogP contribution in [0.3, 0.4) is 0 Å². The lowest BCUT2D eigenvalue weighted by molar-refractivity contribution is 0.381. The fraction of sp³-hybridized carbons (Fsp3) is 0. The van der Waals surface area contributed by atoms with E-state index in [2.05, 4.69) is 0 Å². The van der Waals surface area contributed by atoms with E-state index >= 15 is 0 Å². The molecular formula is C15H12O9S. The SMILES string of the molecule is O=S(=O)(O)O.O=c1cc(-c2ccc(O)cc2)oc2cc(O)cc(O)c12. The Morgan fingerprint density at radius 1 is 0.840 bits per heavy atom. The number of fused-ring (bicyclic) bond motifs is 1. The normalized spacial score (nSPS) is 11.0. The van der Waals surface area contributed by atoms with Crippen LogP contribution in [0.5, 0.6) is 17.2 Å². The maximum Gasteiger partial charge on any atom is 0.394 e. The number of hydrogen-bond acceptors (Lipinski definition) is 7. The summed E-state index contributed by atoms with van der Waals surface area (Å²) in [5.41, 5.74) is 0.287. The molecule has 3 aromatic rings. The van der Waals surface area contributed by atoms with E-state index in [1.54, 1.807) is 12.1 Å². The lowest BCUT2D eigenvalue weighted by atomic mass is 10.1. The average molecular weight is 368 g/mol. The van der Waals surface area contributed by atoms with Crippen LogP contribution in [0.25, 0.3) is 22.3 Å². The van der Waals surface area contributed by atoms with E-state index in [-0.39, 0.29) is 34.0 Å². The lowest BCUT2D eigenvalue weighted by Crippen LogP contribution is -2.00. The van der Waals surface area contributed by atoms with Gasteiger partial charge < -0.3 is 19.7 Å². The highest BCUT2D eigenvalue weighted by atomic mass is 32.3. The largest absolute Gasteiger partial charge is 0.508 e. The van der Waals surface area contributed by atoms with Crippen molar-refractivity contribution in [3.8, 4) is 28.6 Å². The van der Waals surface area contributed by atoms with Crippen LogP contribution in [-0.4, -0.2) is 32.8 Å².